The lowest BCUT2D eigenvalue weighted by Gasteiger charge is -2.18. The highest BCUT2D eigenvalue weighted by Crippen LogP contribution is 2.37. The van der Waals surface area contributed by atoms with Crippen molar-refractivity contribution in [1.29, 1.82) is 0 Å². The van der Waals surface area contributed by atoms with E-state index < -0.39 is 0 Å². The van der Waals surface area contributed by atoms with Crippen molar-refractivity contribution >= 4 is 5.91 Å². The van der Waals surface area contributed by atoms with E-state index in [0.29, 0.717) is 25.0 Å². The Morgan fingerprint density at radius 1 is 1.38 bits per heavy atom. The van der Waals surface area contributed by atoms with Gasteiger partial charge in [-0.2, -0.15) is 0 Å². The Morgan fingerprint density at radius 2 is 2.24 bits per heavy atom. The Hall–Kier alpha value is -1.39. The molecular weight excluding hydrogens is 264 g/mol. The van der Waals surface area contributed by atoms with Crippen molar-refractivity contribution in [1.82, 2.24) is 10.6 Å². The van der Waals surface area contributed by atoms with Crippen LogP contribution in [0.1, 0.15) is 30.4 Å². The van der Waals surface area contributed by atoms with Gasteiger partial charge in [-0.3, -0.25) is 4.79 Å². The van der Waals surface area contributed by atoms with Crippen LogP contribution in [-0.4, -0.2) is 25.6 Å². The second-order valence-corrected chi connectivity index (χ2v) is 6.21. The van der Waals surface area contributed by atoms with Crippen molar-refractivity contribution in [3.63, 3.8) is 0 Å². The van der Waals surface area contributed by atoms with E-state index >= 15 is 0 Å². The first-order chi connectivity index (χ1) is 10.3. The monoisotopic (exact) mass is 288 g/mol. The molecule has 0 spiro atoms. The second kappa shape index (κ2) is 6.58. The second-order valence-electron chi connectivity index (χ2n) is 6.21. The lowest BCUT2D eigenvalue weighted by atomic mass is 9.93. The maximum atomic E-state index is 12.4. The zero-order valence-electron chi connectivity index (χ0n) is 12.6. The van der Waals surface area contributed by atoms with E-state index in [2.05, 4.69) is 16.7 Å². The molecule has 114 valence electrons. The molecule has 1 aliphatic heterocycles. The topological polar surface area (TPSA) is 50.4 Å². The summed E-state index contributed by atoms with van der Waals surface area (Å²) < 4.78 is 5.14. The third-order valence-corrected chi connectivity index (χ3v) is 4.80. The molecule has 3 atom stereocenters. The fourth-order valence-corrected chi connectivity index (χ4v) is 3.77. The summed E-state index contributed by atoms with van der Waals surface area (Å²) in [5.74, 6) is 1.41. The molecule has 1 saturated carbocycles. The summed E-state index contributed by atoms with van der Waals surface area (Å²) in [6.07, 6.45) is 3.75. The van der Waals surface area contributed by atoms with Crippen LogP contribution in [0.3, 0.4) is 0 Å². The van der Waals surface area contributed by atoms with Gasteiger partial charge in [-0.25, -0.2) is 0 Å². The molecule has 1 aliphatic carbocycles. The van der Waals surface area contributed by atoms with E-state index in [1.807, 2.05) is 18.2 Å². The molecule has 2 N–H and O–H groups in total. The van der Waals surface area contributed by atoms with E-state index in [4.69, 9.17) is 4.74 Å². The number of nitrogens with one attached hydrogen (secondary N) is 2. The fourth-order valence-electron chi connectivity index (χ4n) is 3.77. The van der Waals surface area contributed by atoms with Crippen LogP contribution in [0.2, 0.25) is 0 Å². The summed E-state index contributed by atoms with van der Waals surface area (Å²) in [6, 6.07) is 8.19. The van der Waals surface area contributed by atoms with Crippen molar-refractivity contribution in [2.45, 2.75) is 38.5 Å². The molecule has 4 heteroatoms. The standard InChI is InChI=1S/C17H24N2O2/c1-21-11-13-5-2-4-12(8-13)9-19-17(20)16-15-7-3-6-14(15)10-18-16/h2,4-5,8,14-16,18H,3,6-7,9-11H2,1H3,(H,19,20). The number of carbonyl (C=O) groups excluding carboxylic acids is 1. The van der Waals surface area contributed by atoms with Crippen molar-refractivity contribution in [2.75, 3.05) is 13.7 Å². The molecule has 2 aliphatic rings. The maximum Gasteiger partial charge on any atom is 0.237 e. The van der Waals surface area contributed by atoms with Crippen LogP contribution in [0, 0.1) is 11.8 Å². The van der Waals surface area contributed by atoms with E-state index in [1.54, 1.807) is 7.11 Å². The minimum absolute atomic E-state index is 0.0136. The van der Waals surface area contributed by atoms with Crippen molar-refractivity contribution < 1.29 is 9.53 Å². The Bertz CT molecular complexity index is 503. The van der Waals surface area contributed by atoms with Gasteiger partial charge in [0.1, 0.15) is 0 Å². The Labute approximate surface area is 126 Å². The average Bonchev–Trinajstić information content (AvgIpc) is 3.08. The minimum Gasteiger partial charge on any atom is -0.380 e. The van der Waals surface area contributed by atoms with Gasteiger partial charge >= 0.3 is 0 Å². The SMILES string of the molecule is COCc1cccc(CNC(=O)C2NCC3CCCC32)c1. The van der Waals surface area contributed by atoms with Crippen molar-refractivity contribution in [3.05, 3.63) is 35.4 Å². The first-order valence-electron chi connectivity index (χ1n) is 7.86. The van der Waals surface area contributed by atoms with Gasteiger partial charge in [-0.05, 0) is 42.3 Å². The minimum atomic E-state index is 0.0136. The van der Waals surface area contributed by atoms with Crippen LogP contribution in [0.4, 0.5) is 0 Å². The highest BCUT2D eigenvalue weighted by molar-refractivity contribution is 5.82. The normalized spacial score (nSPS) is 27.6. The van der Waals surface area contributed by atoms with Gasteiger partial charge in [0, 0.05) is 13.7 Å². The summed E-state index contributed by atoms with van der Waals surface area (Å²) in [5, 5.41) is 6.47. The van der Waals surface area contributed by atoms with Crippen LogP contribution in [-0.2, 0) is 22.7 Å². The number of carbonyl (C=O) groups is 1. The van der Waals surface area contributed by atoms with Gasteiger partial charge in [0.25, 0.3) is 0 Å². The van der Waals surface area contributed by atoms with Crippen LogP contribution < -0.4 is 10.6 Å². The molecule has 4 nitrogen and oxygen atoms in total. The zero-order chi connectivity index (χ0) is 14.7. The lowest BCUT2D eigenvalue weighted by molar-refractivity contribution is -0.123. The largest absolute Gasteiger partial charge is 0.380 e. The first-order valence-corrected chi connectivity index (χ1v) is 7.86. The van der Waals surface area contributed by atoms with Gasteiger partial charge in [-0.1, -0.05) is 30.7 Å². The summed E-state index contributed by atoms with van der Waals surface area (Å²) in [7, 11) is 1.69. The predicted octanol–water partition coefficient (Wildman–Crippen LogP) is 1.84. The molecule has 0 bridgehead atoms. The van der Waals surface area contributed by atoms with E-state index in [9.17, 15) is 4.79 Å². The molecule has 0 aromatic heterocycles. The number of amides is 1. The predicted molar refractivity (Wildman–Crippen MR) is 81.6 cm³/mol. The van der Waals surface area contributed by atoms with Crippen molar-refractivity contribution in [3.8, 4) is 0 Å². The molecular formula is C17H24N2O2. The summed E-state index contributed by atoms with van der Waals surface area (Å²) in [4.78, 5) is 12.4. The number of hydrogen-bond donors (Lipinski definition) is 2. The molecule has 3 unspecified atom stereocenters. The third-order valence-electron chi connectivity index (χ3n) is 4.80. The average molecular weight is 288 g/mol. The van der Waals surface area contributed by atoms with Gasteiger partial charge in [-0.15, -0.1) is 0 Å². The number of ether oxygens (including phenoxy) is 1. The molecule has 1 saturated heterocycles. The van der Waals surface area contributed by atoms with Gasteiger partial charge in [0.05, 0.1) is 12.6 Å². The highest BCUT2D eigenvalue weighted by atomic mass is 16.5. The lowest BCUT2D eigenvalue weighted by Crippen LogP contribution is -2.43. The molecule has 21 heavy (non-hydrogen) atoms. The number of methoxy groups -OCH3 is 1. The number of rotatable bonds is 5. The molecule has 1 amide bonds. The van der Waals surface area contributed by atoms with E-state index in [1.165, 1.54) is 19.3 Å². The Morgan fingerprint density at radius 3 is 3.10 bits per heavy atom. The van der Waals surface area contributed by atoms with Gasteiger partial charge in [0.2, 0.25) is 5.91 Å². The highest BCUT2D eigenvalue weighted by Gasteiger charge is 2.42. The Kier molecular flexibility index (Phi) is 4.56. The van der Waals surface area contributed by atoms with E-state index in [0.717, 1.165) is 17.7 Å². The molecule has 1 heterocycles. The Balaban J connectivity index is 1.55. The number of hydrogen-bond acceptors (Lipinski definition) is 3. The van der Waals surface area contributed by atoms with Crippen LogP contribution in [0.5, 0.6) is 0 Å². The van der Waals surface area contributed by atoms with Gasteiger partial charge < -0.3 is 15.4 Å². The maximum absolute atomic E-state index is 12.4. The fraction of sp³-hybridized carbons (Fsp3) is 0.588. The number of benzene rings is 1. The quantitative estimate of drug-likeness (QED) is 0.869. The summed E-state index contributed by atoms with van der Waals surface area (Å²) >= 11 is 0. The smallest absolute Gasteiger partial charge is 0.237 e. The van der Waals surface area contributed by atoms with Crippen LogP contribution >= 0.6 is 0 Å². The molecule has 2 fully saturated rings. The molecule has 1 aromatic rings. The van der Waals surface area contributed by atoms with Crippen LogP contribution in [0.15, 0.2) is 24.3 Å². The summed E-state index contributed by atoms with van der Waals surface area (Å²) in [5.41, 5.74) is 2.26. The third kappa shape index (κ3) is 3.27. The molecule has 3 rings (SSSR count). The van der Waals surface area contributed by atoms with Crippen molar-refractivity contribution in [2.24, 2.45) is 11.8 Å². The van der Waals surface area contributed by atoms with Crippen LogP contribution in [0.25, 0.3) is 0 Å². The zero-order valence-corrected chi connectivity index (χ0v) is 12.6. The summed E-state index contributed by atoms with van der Waals surface area (Å²) in [6.45, 7) is 2.20. The molecule has 0 radical (unpaired) electrons. The van der Waals surface area contributed by atoms with E-state index in [-0.39, 0.29) is 11.9 Å². The van der Waals surface area contributed by atoms with Gasteiger partial charge in [0.15, 0.2) is 0 Å². The molecule has 1 aromatic carbocycles. The first kappa shape index (κ1) is 14.5. The number of fused-ring (bicyclic) bond motifs is 1.